The van der Waals surface area contributed by atoms with Gasteiger partial charge in [-0.25, -0.2) is 14.0 Å². The van der Waals surface area contributed by atoms with Crippen molar-refractivity contribution in [1.82, 2.24) is 0 Å². The average Bonchev–Trinajstić information content (AvgIpc) is 2.67. The van der Waals surface area contributed by atoms with Gasteiger partial charge in [0.25, 0.3) is 0 Å². The minimum Gasteiger partial charge on any atom is -0.492 e. The molecular formula is C20H29ClFNO5. The van der Waals surface area contributed by atoms with E-state index in [1.165, 1.54) is 24.1 Å². The molecule has 0 radical (unpaired) electrons. The fraction of sp³-hybridized carbons (Fsp3) is 0.600. The standard InChI is InChI=1S/C20H29ClFNO5/c1-5-8-9-23(14-12-15(21)18(26-4)16(22)13-14)17(19(24)27-10-6-2)20(25)28-11-7-3/h12-13,17H,5-11H2,1-4H3. The summed E-state index contributed by atoms with van der Waals surface area (Å²) in [5.74, 6) is -2.24. The normalized spacial score (nSPS) is 10.7. The Bertz CT molecular complexity index is 612. The molecule has 0 aliphatic heterocycles. The van der Waals surface area contributed by atoms with Gasteiger partial charge in [-0.2, -0.15) is 0 Å². The van der Waals surface area contributed by atoms with Gasteiger partial charge in [0.1, 0.15) is 0 Å². The van der Waals surface area contributed by atoms with Crippen molar-refractivity contribution >= 4 is 29.2 Å². The second-order valence-corrected chi connectivity index (χ2v) is 6.63. The van der Waals surface area contributed by atoms with Crippen LogP contribution in [0, 0.1) is 5.82 Å². The molecule has 0 aromatic heterocycles. The largest absolute Gasteiger partial charge is 0.492 e. The molecule has 0 heterocycles. The maximum absolute atomic E-state index is 14.4. The molecule has 0 aliphatic carbocycles. The number of hydrogen-bond acceptors (Lipinski definition) is 6. The Morgan fingerprint density at radius 2 is 1.64 bits per heavy atom. The van der Waals surface area contributed by atoms with Gasteiger partial charge in [-0.05, 0) is 25.3 Å². The first kappa shape index (κ1) is 24.0. The number of anilines is 1. The van der Waals surface area contributed by atoms with Crippen LogP contribution in [0.2, 0.25) is 5.02 Å². The number of carbonyl (C=O) groups excluding carboxylic acids is 2. The number of benzene rings is 1. The lowest BCUT2D eigenvalue weighted by molar-refractivity contribution is -0.157. The molecule has 28 heavy (non-hydrogen) atoms. The van der Waals surface area contributed by atoms with E-state index < -0.39 is 23.8 Å². The van der Waals surface area contributed by atoms with Gasteiger partial charge in [0.2, 0.25) is 6.04 Å². The van der Waals surface area contributed by atoms with Crippen molar-refractivity contribution in [2.75, 3.05) is 31.8 Å². The summed E-state index contributed by atoms with van der Waals surface area (Å²) in [7, 11) is 1.31. The van der Waals surface area contributed by atoms with E-state index in [1.807, 2.05) is 20.8 Å². The Hall–Kier alpha value is -2.02. The molecule has 8 heteroatoms. The molecule has 1 aromatic rings. The highest BCUT2D eigenvalue weighted by Gasteiger charge is 2.36. The zero-order valence-electron chi connectivity index (χ0n) is 16.9. The van der Waals surface area contributed by atoms with Gasteiger partial charge in [0, 0.05) is 18.3 Å². The second kappa shape index (κ2) is 12.4. The highest BCUT2D eigenvalue weighted by molar-refractivity contribution is 6.32. The predicted octanol–water partition coefficient (Wildman–Crippen LogP) is 4.37. The average molecular weight is 418 g/mol. The topological polar surface area (TPSA) is 65.1 Å². The number of rotatable bonds is 12. The fourth-order valence-corrected chi connectivity index (χ4v) is 2.84. The molecular weight excluding hydrogens is 389 g/mol. The first-order valence-electron chi connectivity index (χ1n) is 9.54. The van der Waals surface area contributed by atoms with E-state index in [0.717, 1.165) is 6.42 Å². The van der Waals surface area contributed by atoms with E-state index >= 15 is 0 Å². The lowest BCUT2D eigenvalue weighted by atomic mass is 10.1. The summed E-state index contributed by atoms with van der Waals surface area (Å²) in [5, 5.41) is 0.0431. The Balaban J connectivity index is 3.35. The molecule has 1 rings (SSSR count). The van der Waals surface area contributed by atoms with E-state index in [0.29, 0.717) is 25.8 Å². The molecule has 0 saturated heterocycles. The summed E-state index contributed by atoms with van der Waals surface area (Å²) in [6.07, 6.45) is 2.70. The van der Waals surface area contributed by atoms with E-state index in [2.05, 4.69) is 0 Å². The fourth-order valence-electron chi connectivity index (χ4n) is 2.56. The summed E-state index contributed by atoms with van der Waals surface area (Å²) in [6.45, 7) is 6.35. The third-order valence-corrected chi connectivity index (χ3v) is 4.21. The van der Waals surface area contributed by atoms with Crippen molar-refractivity contribution in [1.29, 1.82) is 0 Å². The first-order chi connectivity index (χ1) is 13.4. The number of unbranched alkanes of at least 4 members (excludes halogenated alkanes) is 1. The van der Waals surface area contributed by atoms with Gasteiger partial charge >= 0.3 is 11.9 Å². The summed E-state index contributed by atoms with van der Waals surface area (Å²) in [6, 6.07) is 1.31. The van der Waals surface area contributed by atoms with Crippen LogP contribution in [-0.2, 0) is 19.1 Å². The number of hydrogen-bond donors (Lipinski definition) is 0. The zero-order valence-corrected chi connectivity index (χ0v) is 17.7. The molecule has 158 valence electrons. The van der Waals surface area contributed by atoms with Crippen molar-refractivity contribution in [2.45, 2.75) is 52.5 Å². The number of ether oxygens (including phenoxy) is 3. The zero-order chi connectivity index (χ0) is 21.1. The number of carbonyl (C=O) groups is 2. The van der Waals surface area contributed by atoms with E-state index in [-0.39, 0.29) is 29.7 Å². The van der Waals surface area contributed by atoms with Gasteiger partial charge in [-0.15, -0.1) is 0 Å². The van der Waals surface area contributed by atoms with Gasteiger partial charge < -0.3 is 19.1 Å². The number of esters is 2. The Morgan fingerprint density at radius 1 is 1.07 bits per heavy atom. The number of methoxy groups -OCH3 is 1. The van der Waals surface area contributed by atoms with Crippen LogP contribution in [-0.4, -0.2) is 44.8 Å². The van der Waals surface area contributed by atoms with E-state index in [1.54, 1.807) is 0 Å². The van der Waals surface area contributed by atoms with Crippen LogP contribution < -0.4 is 9.64 Å². The van der Waals surface area contributed by atoms with Crippen molar-refractivity contribution < 1.29 is 28.2 Å². The van der Waals surface area contributed by atoms with Crippen LogP contribution in [0.3, 0.4) is 0 Å². The van der Waals surface area contributed by atoms with Crippen LogP contribution in [0.4, 0.5) is 10.1 Å². The van der Waals surface area contributed by atoms with Crippen LogP contribution >= 0.6 is 11.6 Å². The van der Waals surface area contributed by atoms with E-state index in [4.69, 9.17) is 25.8 Å². The van der Waals surface area contributed by atoms with Crippen LogP contribution in [0.25, 0.3) is 0 Å². The quantitative estimate of drug-likeness (QED) is 0.371. The minimum absolute atomic E-state index is 0.0431. The molecule has 0 N–H and O–H groups in total. The molecule has 0 spiro atoms. The molecule has 0 atom stereocenters. The highest BCUT2D eigenvalue weighted by Crippen LogP contribution is 2.33. The maximum Gasteiger partial charge on any atom is 0.340 e. The monoisotopic (exact) mass is 417 g/mol. The van der Waals surface area contributed by atoms with Gasteiger partial charge in [0.05, 0.1) is 25.3 Å². The Labute approximate surface area is 170 Å². The van der Waals surface area contributed by atoms with Crippen molar-refractivity contribution in [3.63, 3.8) is 0 Å². The highest BCUT2D eigenvalue weighted by atomic mass is 35.5. The third-order valence-electron chi connectivity index (χ3n) is 3.93. The van der Waals surface area contributed by atoms with Crippen molar-refractivity contribution in [2.24, 2.45) is 0 Å². The van der Waals surface area contributed by atoms with Crippen LogP contribution in [0.15, 0.2) is 12.1 Å². The summed E-state index contributed by atoms with van der Waals surface area (Å²) >= 11 is 6.12. The Morgan fingerprint density at radius 3 is 2.07 bits per heavy atom. The summed E-state index contributed by atoms with van der Waals surface area (Å²) in [4.78, 5) is 26.8. The lowest BCUT2D eigenvalue weighted by Gasteiger charge is -2.31. The molecule has 0 fully saturated rings. The van der Waals surface area contributed by atoms with Gasteiger partial charge in [0.15, 0.2) is 11.6 Å². The lowest BCUT2D eigenvalue weighted by Crippen LogP contribution is -2.49. The molecule has 0 amide bonds. The summed E-state index contributed by atoms with van der Waals surface area (Å²) in [5.41, 5.74) is 0.281. The van der Waals surface area contributed by atoms with Crippen molar-refractivity contribution in [3.8, 4) is 5.75 Å². The molecule has 6 nitrogen and oxygen atoms in total. The second-order valence-electron chi connectivity index (χ2n) is 6.23. The molecule has 0 bridgehead atoms. The summed E-state index contributed by atoms with van der Waals surface area (Å²) < 4.78 is 29.8. The van der Waals surface area contributed by atoms with Gasteiger partial charge in [-0.1, -0.05) is 38.8 Å². The minimum atomic E-state index is -1.34. The Kier molecular flexibility index (Phi) is 10.7. The van der Waals surface area contributed by atoms with Crippen molar-refractivity contribution in [3.05, 3.63) is 23.0 Å². The van der Waals surface area contributed by atoms with E-state index in [9.17, 15) is 14.0 Å². The van der Waals surface area contributed by atoms with Gasteiger partial charge in [-0.3, -0.25) is 0 Å². The number of halogens is 2. The molecule has 0 unspecified atom stereocenters. The van der Waals surface area contributed by atoms with Crippen LogP contribution in [0.5, 0.6) is 5.75 Å². The third kappa shape index (κ3) is 6.55. The first-order valence-corrected chi connectivity index (χ1v) is 9.91. The SMILES string of the molecule is CCCCN(c1cc(F)c(OC)c(Cl)c1)C(C(=O)OCCC)C(=O)OCCC. The molecule has 0 saturated carbocycles. The number of nitrogens with zero attached hydrogens (tertiary/aromatic N) is 1. The smallest absolute Gasteiger partial charge is 0.340 e. The maximum atomic E-state index is 14.4. The molecule has 0 aliphatic rings. The molecule has 1 aromatic carbocycles. The van der Waals surface area contributed by atoms with Crippen LogP contribution in [0.1, 0.15) is 46.5 Å². The predicted molar refractivity (Wildman–Crippen MR) is 107 cm³/mol.